The smallest absolute Gasteiger partial charge is 0.261 e. The zero-order valence-corrected chi connectivity index (χ0v) is 12.3. The average Bonchev–Trinajstić information content (AvgIpc) is 2.41. The molecule has 102 valence electrons. The Hall–Kier alpha value is -1.35. The van der Waals surface area contributed by atoms with Crippen molar-refractivity contribution < 1.29 is 0 Å². The number of halogens is 1. The van der Waals surface area contributed by atoms with E-state index in [1.54, 1.807) is 4.57 Å². The van der Waals surface area contributed by atoms with E-state index in [0.29, 0.717) is 17.1 Å². The number of rotatable bonds is 4. The monoisotopic (exact) mass is 278 g/mol. The lowest BCUT2D eigenvalue weighted by atomic mass is 10.0. The largest absolute Gasteiger partial charge is 0.292 e. The van der Waals surface area contributed by atoms with Gasteiger partial charge in [0, 0.05) is 6.04 Å². The van der Waals surface area contributed by atoms with Gasteiger partial charge < -0.3 is 0 Å². The van der Waals surface area contributed by atoms with Crippen molar-refractivity contribution in [2.45, 2.75) is 39.1 Å². The molecule has 4 heteroatoms. The highest BCUT2D eigenvalue weighted by atomic mass is 35.5. The van der Waals surface area contributed by atoms with E-state index in [1.807, 2.05) is 24.3 Å². The molecule has 0 fully saturated rings. The van der Waals surface area contributed by atoms with Crippen LogP contribution in [0.15, 0.2) is 29.1 Å². The second-order valence-electron chi connectivity index (χ2n) is 5.07. The van der Waals surface area contributed by atoms with Crippen molar-refractivity contribution in [2.24, 2.45) is 5.92 Å². The predicted octanol–water partition coefficient (Wildman–Crippen LogP) is 3.74. The van der Waals surface area contributed by atoms with Gasteiger partial charge in [-0.25, -0.2) is 4.98 Å². The normalized spacial score (nSPS) is 13.1. The summed E-state index contributed by atoms with van der Waals surface area (Å²) in [5.41, 5.74) is 0.736. The highest BCUT2D eigenvalue weighted by molar-refractivity contribution is 6.16. The Morgan fingerprint density at radius 3 is 2.58 bits per heavy atom. The summed E-state index contributed by atoms with van der Waals surface area (Å²) in [5, 5.41) is 0.662. The molecule has 19 heavy (non-hydrogen) atoms. The molecule has 0 saturated carbocycles. The molecular weight excluding hydrogens is 260 g/mol. The molecule has 1 aromatic heterocycles. The van der Waals surface area contributed by atoms with E-state index >= 15 is 0 Å². The molecule has 1 aromatic carbocycles. The van der Waals surface area contributed by atoms with Gasteiger partial charge in [0.15, 0.2) is 0 Å². The van der Waals surface area contributed by atoms with Crippen molar-refractivity contribution in [2.75, 3.05) is 0 Å². The minimum atomic E-state index is 0.0156. The van der Waals surface area contributed by atoms with E-state index in [-0.39, 0.29) is 17.5 Å². The Labute approximate surface area is 118 Å². The molecule has 1 atom stereocenters. The Morgan fingerprint density at radius 1 is 1.32 bits per heavy atom. The van der Waals surface area contributed by atoms with E-state index in [0.717, 1.165) is 11.9 Å². The number of nitrogens with zero attached hydrogens (tertiary/aromatic N) is 2. The van der Waals surface area contributed by atoms with Crippen LogP contribution in [0.1, 0.15) is 39.1 Å². The van der Waals surface area contributed by atoms with Crippen molar-refractivity contribution in [1.82, 2.24) is 9.55 Å². The maximum absolute atomic E-state index is 12.7. The highest BCUT2D eigenvalue weighted by Gasteiger charge is 2.20. The molecule has 1 heterocycles. The summed E-state index contributed by atoms with van der Waals surface area (Å²) in [6.45, 7) is 6.33. The van der Waals surface area contributed by atoms with Crippen LogP contribution in [-0.4, -0.2) is 9.55 Å². The molecule has 0 spiro atoms. The van der Waals surface area contributed by atoms with Crippen LogP contribution in [0.5, 0.6) is 0 Å². The van der Waals surface area contributed by atoms with Crippen LogP contribution in [0.25, 0.3) is 10.9 Å². The van der Waals surface area contributed by atoms with Crippen LogP contribution in [0.2, 0.25) is 0 Å². The van der Waals surface area contributed by atoms with Gasteiger partial charge in [0.2, 0.25) is 0 Å². The lowest BCUT2D eigenvalue weighted by Gasteiger charge is -2.24. The Kier molecular flexibility index (Phi) is 4.25. The van der Waals surface area contributed by atoms with Gasteiger partial charge in [-0.15, -0.1) is 11.6 Å². The summed E-state index contributed by atoms with van der Waals surface area (Å²) in [4.78, 5) is 17.2. The second kappa shape index (κ2) is 5.74. The maximum atomic E-state index is 12.7. The minimum Gasteiger partial charge on any atom is -0.292 e. The molecule has 0 aliphatic heterocycles. The summed E-state index contributed by atoms with van der Waals surface area (Å²) in [6, 6.07) is 7.57. The molecule has 0 saturated heterocycles. The molecule has 3 nitrogen and oxygen atoms in total. The molecule has 0 aliphatic rings. The Balaban J connectivity index is 2.78. The first kappa shape index (κ1) is 14.1. The predicted molar refractivity (Wildman–Crippen MR) is 79.7 cm³/mol. The number of benzene rings is 1. The van der Waals surface area contributed by atoms with Gasteiger partial charge >= 0.3 is 0 Å². The van der Waals surface area contributed by atoms with Crippen molar-refractivity contribution in [1.29, 1.82) is 0 Å². The van der Waals surface area contributed by atoms with Gasteiger partial charge in [-0.3, -0.25) is 9.36 Å². The Morgan fingerprint density at radius 2 is 2.00 bits per heavy atom. The number of alkyl halides is 1. The molecule has 0 N–H and O–H groups in total. The summed E-state index contributed by atoms with van der Waals surface area (Å²) >= 11 is 5.99. The number of fused-ring (bicyclic) bond motifs is 1. The molecule has 2 aromatic rings. The van der Waals surface area contributed by atoms with Crippen LogP contribution in [0, 0.1) is 5.92 Å². The van der Waals surface area contributed by atoms with Crippen molar-refractivity contribution in [3.63, 3.8) is 0 Å². The van der Waals surface area contributed by atoms with E-state index in [9.17, 15) is 4.79 Å². The molecule has 0 aliphatic carbocycles. The average molecular weight is 279 g/mol. The lowest BCUT2D eigenvalue weighted by Crippen LogP contribution is -2.31. The summed E-state index contributed by atoms with van der Waals surface area (Å²) < 4.78 is 1.78. The van der Waals surface area contributed by atoms with Crippen molar-refractivity contribution >= 4 is 22.5 Å². The summed E-state index contributed by atoms with van der Waals surface area (Å²) in [7, 11) is 0. The van der Waals surface area contributed by atoms with Crippen LogP contribution >= 0.6 is 11.6 Å². The van der Waals surface area contributed by atoms with Crippen LogP contribution in [-0.2, 0) is 5.88 Å². The van der Waals surface area contributed by atoms with Gasteiger partial charge in [-0.1, -0.05) is 32.9 Å². The molecule has 2 rings (SSSR count). The molecule has 0 amide bonds. The van der Waals surface area contributed by atoms with Gasteiger partial charge in [0.05, 0.1) is 16.8 Å². The first-order chi connectivity index (χ1) is 9.10. The fraction of sp³-hybridized carbons (Fsp3) is 0.467. The number of hydrogen-bond donors (Lipinski definition) is 0. The van der Waals surface area contributed by atoms with Crippen LogP contribution < -0.4 is 5.56 Å². The number of para-hydroxylation sites is 1. The van der Waals surface area contributed by atoms with E-state index in [4.69, 9.17) is 11.6 Å². The van der Waals surface area contributed by atoms with Crippen molar-refractivity contribution in [3.05, 3.63) is 40.4 Å². The third-order valence-corrected chi connectivity index (χ3v) is 3.76. The van der Waals surface area contributed by atoms with Crippen molar-refractivity contribution in [3.8, 4) is 0 Å². The standard InChI is InChI=1S/C15H19ClN2O/c1-4-13(10(2)3)18-14(9-16)17-12-8-6-5-7-11(12)15(18)19/h5-8,10,13H,4,9H2,1-3H3. The molecule has 0 bridgehead atoms. The van der Waals surface area contributed by atoms with E-state index in [1.165, 1.54) is 0 Å². The number of aromatic nitrogens is 2. The third-order valence-electron chi connectivity index (χ3n) is 3.52. The minimum absolute atomic E-state index is 0.0156. The summed E-state index contributed by atoms with van der Waals surface area (Å²) in [5.74, 6) is 1.28. The third kappa shape index (κ3) is 2.52. The zero-order valence-electron chi connectivity index (χ0n) is 11.6. The van der Waals surface area contributed by atoms with E-state index < -0.39 is 0 Å². The number of hydrogen-bond acceptors (Lipinski definition) is 2. The lowest BCUT2D eigenvalue weighted by molar-refractivity contribution is 0.348. The first-order valence-corrected chi connectivity index (χ1v) is 7.19. The van der Waals surface area contributed by atoms with Gasteiger partial charge in [0.1, 0.15) is 5.82 Å². The van der Waals surface area contributed by atoms with Gasteiger partial charge in [0.25, 0.3) is 5.56 Å². The topological polar surface area (TPSA) is 34.9 Å². The van der Waals surface area contributed by atoms with Crippen LogP contribution in [0.4, 0.5) is 0 Å². The molecule has 1 unspecified atom stereocenters. The fourth-order valence-electron chi connectivity index (χ4n) is 2.58. The fourth-order valence-corrected chi connectivity index (χ4v) is 2.77. The molecular formula is C15H19ClN2O. The maximum Gasteiger partial charge on any atom is 0.261 e. The van der Waals surface area contributed by atoms with Gasteiger partial charge in [-0.2, -0.15) is 0 Å². The van der Waals surface area contributed by atoms with Crippen LogP contribution in [0.3, 0.4) is 0 Å². The van der Waals surface area contributed by atoms with Gasteiger partial charge in [-0.05, 0) is 24.5 Å². The highest BCUT2D eigenvalue weighted by Crippen LogP contribution is 2.22. The molecule has 0 radical (unpaired) electrons. The van der Waals surface area contributed by atoms with E-state index in [2.05, 4.69) is 25.8 Å². The SMILES string of the molecule is CCC(C(C)C)n1c(CCl)nc2ccccc2c1=O. The second-order valence-corrected chi connectivity index (χ2v) is 5.34. The first-order valence-electron chi connectivity index (χ1n) is 6.66. The summed E-state index contributed by atoms with van der Waals surface area (Å²) in [6.07, 6.45) is 0.890. The quantitative estimate of drug-likeness (QED) is 0.799. The Bertz CT molecular complexity index is 634. The zero-order chi connectivity index (χ0) is 14.0.